The molecule has 0 unspecified atom stereocenters. The van der Waals surface area contributed by atoms with Crippen LogP contribution in [0.4, 0.5) is 0 Å². The molecule has 252 valence electrons. The molecule has 0 saturated heterocycles. The third kappa shape index (κ3) is 4.50. The predicted molar refractivity (Wildman–Crippen MR) is 217 cm³/mol. The minimum absolute atomic E-state index is 0.122. The van der Waals surface area contributed by atoms with E-state index in [1.807, 2.05) is 18.2 Å². The fraction of sp³-hybridized carbons (Fsp3) is 0.146. The van der Waals surface area contributed by atoms with Crippen LogP contribution in [0.5, 0.6) is 0 Å². The van der Waals surface area contributed by atoms with E-state index in [4.69, 9.17) is 17.9 Å². The van der Waals surface area contributed by atoms with Gasteiger partial charge in [-0.2, -0.15) is 0 Å². The van der Waals surface area contributed by atoms with Crippen molar-refractivity contribution in [1.82, 2.24) is 9.55 Å². The van der Waals surface area contributed by atoms with Crippen molar-refractivity contribution in [2.75, 3.05) is 0 Å². The molecule has 4 nitrogen and oxygen atoms in total. The van der Waals surface area contributed by atoms with Gasteiger partial charge in [0.2, 0.25) is 0 Å². The third-order valence-corrected chi connectivity index (χ3v) is 10.7. The number of aromatic nitrogens is 2. The molecule has 3 heterocycles. The van der Waals surface area contributed by atoms with Gasteiger partial charge in [0, 0.05) is 20.3 Å². The summed E-state index contributed by atoms with van der Waals surface area (Å²) < 4.78 is 40.7. The molecule has 3 aromatic heterocycles. The van der Waals surface area contributed by atoms with E-state index >= 15 is 0 Å². The Bertz CT molecular complexity index is 3120. The fourth-order valence-electron chi connectivity index (χ4n) is 8.18. The number of furan rings is 2. The average Bonchev–Trinajstić information content (AvgIpc) is 3.90. The maximum Gasteiger partial charge on any atom is 0.149 e. The summed E-state index contributed by atoms with van der Waals surface area (Å²) in [5, 5.41) is 7.21. The largest absolute Gasteiger partial charge is 0.464 e. The van der Waals surface area contributed by atoms with Crippen molar-refractivity contribution >= 4 is 65.5 Å². The van der Waals surface area contributed by atoms with E-state index in [0.29, 0.717) is 27.8 Å². The zero-order valence-corrected chi connectivity index (χ0v) is 29.5. The van der Waals surface area contributed by atoms with E-state index in [2.05, 4.69) is 135 Å². The summed E-state index contributed by atoms with van der Waals surface area (Å²) in [5.41, 5.74) is 9.95. The van der Waals surface area contributed by atoms with Gasteiger partial charge in [-0.1, -0.05) is 107 Å². The van der Waals surface area contributed by atoms with Gasteiger partial charge >= 0.3 is 0 Å². The Morgan fingerprint density at radius 1 is 0.635 bits per heavy atom. The quantitative estimate of drug-likeness (QED) is 0.170. The molecule has 0 aliphatic carbocycles. The van der Waals surface area contributed by atoms with Crippen LogP contribution in [-0.2, 0) is 0 Å². The number of benzene rings is 7. The second-order valence-corrected chi connectivity index (χ2v) is 14.5. The first-order valence-corrected chi connectivity index (χ1v) is 18.0. The molecule has 0 bridgehead atoms. The van der Waals surface area contributed by atoms with E-state index in [1.54, 1.807) is 0 Å². The van der Waals surface area contributed by atoms with Gasteiger partial charge in [-0.05, 0) is 111 Å². The van der Waals surface area contributed by atoms with Gasteiger partial charge in [-0.25, -0.2) is 4.98 Å². The Hall–Kier alpha value is -6.13. The van der Waals surface area contributed by atoms with Gasteiger partial charge in [0.1, 0.15) is 22.6 Å². The summed E-state index contributed by atoms with van der Waals surface area (Å²) >= 11 is 0. The van der Waals surface area contributed by atoms with Gasteiger partial charge < -0.3 is 8.83 Å². The van der Waals surface area contributed by atoms with E-state index in [0.717, 1.165) is 66.2 Å². The lowest BCUT2D eigenvalue weighted by Gasteiger charge is -2.24. The molecule has 7 aromatic carbocycles. The Morgan fingerprint density at radius 3 is 2.17 bits per heavy atom. The summed E-state index contributed by atoms with van der Waals surface area (Å²) in [5.74, 6) is 0.920. The number of para-hydroxylation sites is 1. The molecule has 0 radical (unpaired) electrons. The van der Waals surface area contributed by atoms with Crippen LogP contribution in [0.1, 0.15) is 60.3 Å². The molecule has 0 atom stereocenters. The lowest BCUT2D eigenvalue weighted by molar-refractivity contribution is 0.613. The highest BCUT2D eigenvalue weighted by atomic mass is 16.3. The minimum Gasteiger partial charge on any atom is -0.464 e. The average molecular weight is 678 g/mol. The van der Waals surface area contributed by atoms with Crippen LogP contribution in [0.25, 0.3) is 93.7 Å². The number of aryl methyl sites for hydroxylation is 1. The SMILES string of the molecule is [2H]C([2H])([2H])c1coc2ccc3nc(-c4cccc5c4oc4cc6c(ccc7ccccc76)cc45)n(-c4c(C(C)C)cc(-c5ccccc5)cc4C(C)C)c3c12. The van der Waals surface area contributed by atoms with Crippen LogP contribution in [0, 0.1) is 6.85 Å². The predicted octanol–water partition coefficient (Wildman–Crippen LogP) is 13.9. The second kappa shape index (κ2) is 11.4. The van der Waals surface area contributed by atoms with Gasteiger partial charge in [0.05, 0.1) is 28.5 Å². The number of fused-ring (bicyclic) bond motifs is 9. The van der Waals surface area contributed by atoms with Crippen molar-refractivity contribution < 1.29 is 12.9 Å². The second-order valence-electron chi connectivity index (χ2n) is 14.5. The van der Waals surface area contributed by atoms with Crippen LogP contribution in [0.15, 0.2) is 136 Å². The molecule has 4 heteroatoms. The van der Waals surface area contributed by atoms with E-state index < -0.39 is 6.85 Å². The molecule has 0 spiro atoms. The molecule has 0 fully saturated rings. The minimum atomic E-state index is -2.40. The van der Waals surface area contributed by atoms with Crippen molar-refractivity contribution in [3.8, 4) is 28.2 Å². The Kier molecular flexibility index (Phi) is 6.07. The Balaban J connectivity index is 1.35. The first-order valence-electron chi connectivity index (χ1n) is 19.5. The first kappa shape index (κ1) is 27.6. The van der Waals surface area contributed by atoms with Crippen molar-refractivity contribution in [2.24, 2.45) is 0 Å². The van der Waals surface area contributed by atoms with Crippen molar-refractivity contribution in [3.63, 3.8) is 0 Å². The van der Waals surface area contributed by atoms with E-state index in [9.17, 15) is 0 Å². The van der Waals surface area contributed by atoms with Gasteiger partial charge in [-0.3, -0.25) is 4.57 Å². The zero-order valence-electron chi connectivity index (χ0n) is 32.5. The number of nitrogens with zero attached hydrogens (tertiary/aromatic N) is 2. The molecule has 10 aromatic rings. The number of hydrogen-bond donors (Lipinski definition) is 0. The van der Waals surface area contributed by atoms with Gasteiger partial charge in [0.25, 0.3) is 0 Å². The normalized spacial score (nSPS) is 13.4. The summed E-state index contributed by atoms with van der Waals surface area (Å²) in [6.45, 7) is 6.45. The maximum atomic E-state index is 8.55. The molecule has 0 N–H and O–H groups in total. The lowest BCUT2D eigenvalue weighted by atomic mass is 9.88. The molecule has 0 saturated carbocycles. The monoisotopic (exact) mass is 677 g/mol. The number of hydrogen-bond acceptors (Lipinski definition) is 3. The highest BCUT2D eigenvalue weighted by molar-refractivity contribution is 6.18. The molecule has 52 heavy (non-hydrogen) atoms. The molecule has 10 rings (SSSR count). The molecular formula is C48H38N2O2. The van der Waals surface area contributed by atoms with Crippen molar-refractivity contribution in [1.29, 1.82) is 0 Å². The zero-order chi connectivity index (χ0) is 37.7. The highest BCUT2D eigenvalue weighted by Crippen LogP contribution is 2.45. The topological polar surface area (TPSA) is 44.1 Å². The van der Waals surface area contributed by atoms with Crippen LogP contribution in [0.2, 0.25) is 0 Å². The number of rotatable bonds is 5. The van der Waals surface area contributed by atoms with Crippen LogP contribution in [-0.4, -0.2) is 9.55 Å². The summed E-state index contributed by atoms with van der Waals surface area (Å²) in [7, 11) is 0. The number of imidazole rings is 1. The molecule has 0 aliphatic rings. The van der Waals surface area contributed by atoms with Crippen LogP contribution >= 0.6 is 0 Å². The molecule has 0 aliphatic heterocycles. The van der Waals surface area contributed by atoms with Gasteiger partial charge in [0.15, 0.2) is 0 Å². The highest BCUT2D eigenvalue weighted by Gasteiger charge is 2.27. The van der Waals surface area contributed by atoms with Crippen molar-refractivity contribution in [2.45, 2.75) is 46.4 Å². The smallest absolute Gasteiger partial charge is 0.149 e. The maximum absolute atomic E-state index is 8.55. The van der Waals surface area contributed by atoms with E-state index in [-0.39, 0.29) is 17.4 Å². The molecule has 0 amide bonds. The molecular weight excluding hydrogens is 637 g/mol. The Morgan fingerprint density at radius 2 is 1.38 bits per heavy atom. The fourth-order valence-corrected chi connectivity index (χ4v) is 8.18. The summed E-state index contributed by atoms with van der Waals surface area (Å²) in [6, 6.07) is 42.2. The summed E-state index contributed by atoms with van der Waals surface area (Å²) in [6.07, 6.45) is 1.38. The van der Waals surface area contributed by atoms with Crippen LogP contribution < -0.4 is 0 Å². The van der Waals surface area contributed by atoms with Crippen LogP contribution in [0.3, 0.4) is 0 Å². The first-order chi connectivity index (χ1) is 26.6. The third-order valence-electron chi connectivity index (χ3n) is 10.7. The Labute approximate surface area is 306 Å². The van der Waals surface area contributed by atoms with Crippen molar-refractivity contribution in [3.05, 3.63) is 144 Å². The van der Waals surface area contributed by atoms with Gasteiger partial charge in [-0.15, -0.1) is 0 Å². The summed E-state index contributed by atoms with van der Waals surface area (Å²) in [4.78, 5) is 5.39. The van der Waals surface area contributed by atoms with E-state index in [1.165, 1.54) is 17.0 Å². The standard InChI is InChI=1S/C48H38N2O2/c1-27(2)37-23-33(30-12-7-6-8-13-30)24-38(28(3)4)45(37)50-46-41(20-21-42-44(46)29(5)26-51-42)49-48(50)36-17-11-16-35-40-22-32-19-18-31-14-9-10-15-34(31)39(32)25-43(40)52-47(35)36/h6-28H,1-5H3/i5D3. The lowest BCUT2D eigenvalue weighted by Crippen LogP contribution is -2.09.